The number of halogens is 3. The maximum Gasteiger partial charge on any atom is 0.257 e. The highest BCUT2D eigenvalue weighted by atomic mass is 19.3. The maximum atomic E-state index is 14.6. The minimum atomic E-state index is -2.98. The average Bonchev–Trinajstić information content (AvgIpc) is 3.59. The van der Waals surface area contributed by atoms with Crippen molar-refractivity contribution in [3.05, 3.63) is 52.3 Å². The second kappa shape index (κ2) is 8.93. The number of carbonyl (C=O) groups excluding carboxylic acids is 1. The van der Waals surface area contributed by atoms with Crippen molar-refractivity contribution in [2.45, 2.75) is 44.1 Å². The summed E-state index contributed by atoms with van der Waals surface area (Å²) in [7, 11) is 0. The number of H-pyrrole nitrogens is 1. The standard InChI is InChI=1S/C22H25F3N4O3/c1-13(21(31)28-20-18(23)8-16(10-27-20)32-12-14-2-3-14)29-7-6-22(24,25)17(11-29)15-4-5-19(30)26-9-15/h4-5,8-10,13-14,17H,2-3,6-7,11-12H2,1H3,(H,26,30)(H,27,28,31)/t13?,17-/m1/s1. The van der Waals surface area contributed by atoms with Crippen molar-refractivity contribution >= 4 is 11.7 Å². The molecule has 4 rings (SSSR count). The lowest BCUT2D eigenvalue weighted by atomic mass is 9.87. The molecule has 172 valence electrons. The zero-order valence-corrected chi connectivity index (χ0v) is 17.6. The first-order valence-corrected chi connectivity index (χ1v) is 10.6. The van der Waals surface area contributed by atoms with E-state index in [0.717, 1.165) is 12.8 Å². The molecule has 1 saturated heterocycles. The van der Waals surface area contributed by atoms with Crippen LogP contribution in [0.5, 0.6) is 5.75 Å². The Labute approximate surface area is 183 Å². The lowest BCUT2D eigenvalue weighted by molar-refractivity contribution is -0.125. The van der Waals surface area contributed by atoms with E-state index >= 15 is 0 Å². The number of nitrogens with one attached hydrogen (secondary N) is 2. The van der Waals surface area contributed by atoms with Gasteiger partial charge in [0.05, 0.1) is 24.8 Å². The smallest absolute Gasteiger partial charge is 0.257 e. The van der Waals surface area contributed by atoms with Crippen LogP contribution in [0, 0.1) is 11.7 Å². The van der Waals surface area contributed by atoms with Gasteiger partial charge in [0.1, 0.15) is 5.75 Å². The van der Waals surface area contributed by atoms with E-state index < -0.39 is 36.0 Å². The Kier molecular flexibility index (Phi) is 6.23. The molecule has 2 N–H and O–H groups in total. The number of nitrogens with zero attached hydrogens (tertiary/aromatic N) is 2. The average molecular weight is 450 g/mol. The molecule has 2 fully saturated rings. The van der Waals surface area contributed by atoms with Crippen LogP contribution in [0.25, 0.3) is 0 Å². The van der Waals surface area contributed by atoms with E-state index in [0.29, 0.717) is 23.8 Å². The molecule has 7 nitrogen and oxygen atoms in total. The predicted molar refractivity (Wildman–Crippen MR) is 111 cm³/mol. The third-order valence-electron chi connectivity index (χ3n) is 6.04. The van der Waals surface area contributed by atoms with Gasteiger partial charge in [-0.15, -0.1) is 0 Å². The largest absolute Gasteiger partial charge is 0.492 e. The van der Waals surface area contributed by atoms with E-state index in [-0.39, 0.29) is 24.5 Å². The monoisotopic (exact) mass is 450 g/mol. The molecule has 1 saturated carbocycles. The van der Waals surface area contributed by atoms with Crippen LogP contribution in [0.4, 0.5) is 19.0 Å². The highest BCUT2D eigenvalue weighted by Gasteiger charge is 2.46. The summed E-state index contributed by atoms with van der Waals surface area (Å²) in [6.07, 6.45) is 4.40. The van der Waals surface area contributed by atoms with Crippen molar-refractivity contribution in [3.63, 3.8) is 0 Å². The van der Waals surface area contributed by atoms with E-state index in [2.05, 4.69) is 15.3 Å². The molecule has 0 bridgehead atoms. The van der Waals surface area contributed by atoms with Gasteiger partial charge in [-0.25, -0.2) is 18.2 Å². The molecule has 1 amide bonds. The van der Waals surface area contributed by atoms with E-state index in [1.165, 1.54) is 30.6 Å². The first-order valence-electron chi connectivity index (χ1n) is 10.6. The van der Waals surface area contributed by atoms with Crippen LogP contribution in [0.3, 0.4) is 0 Å². The number of pyridine rings is 2. The lowest BCUT2D eigenvalue weighted by Gasteiger charge is -2.40. The SMILES string of the molecule is CC(C(=O)Nc1ncc(OCC2CC2)cc1F)N1CCC(F)(F)[C@@H](c2ccc(=O)[nH]c2)C1. The second-order valence-electron chi connectivity index (χ2n) is 8.47. The molecule has 1 aliphatic heterocycles. The normalized spacial score (nSPS) is 21.7. The van der Waals surface area contributed by atoms with Crippen molar-refractivity contribution in [1.82, 2.24) is 14.9 Å². The van der Waals surface area contributed by atoms with Crippen molar-refractivity contribution < 1.29 is 22.7 Å². The molecule has 32 heavy (non-hydrogen) atoms. The van der Waals surface area contributed by atoms with E-state index in [1.54, 1.807) is 11.8 Å². The Balaban J connectivity index is 1.40. The molecule has 1 aliphatic carbocycles. The summed E-state index contributed by atoms with van der Waals surface area (Å²) in [5.74, 6) is -4.86. The Morgan fingerprint density at radius 3 is 2.84 bits per heavy atom. The van der Waals surface area contributed by atoms with E-state index in [1.807, 2.05) is 0 Å². The Morgan fingerprint density at radius 2 is 2.19 bits per heavy atom. The summed E-state index contributed by atoms with van der Waals surface area (Å²) in [5, 5.41) is 2.44. The summed E-state index contributed by atoms with van der Waals surface area (Å²) in [5.41, 5.74) is -0.0858. The zero-order chi connectivity index (χ0) is 22.9. The molecule has 2 aliphatic rings. The fourth-order valence-corrected chi connectivity index (χ4v) is 3.74. The van der Waals surface area contributed by atoms with Gasteiger partial charge in [0.2, 0.25) is 11.5 Å². The Bertz CT molecular complexity index is 1020. The van der Waals surface area contributed by atoms with Crippen molar-refractivity contribution in [2.75, 3.05) is 25.0 Å². The number of carbonyl (C=O) groups is 1. The first-order chi connectivity index (χ1) is 15.2. The van der Waals surface area contributed by atoms with Gasteiger partial charge in [-0.1, -0.05) is 6.07 Å². The summed E-state index contributed by atoms with van der Waals surface area (Å²) in [6, 6.07) is 2.96. The van der Waals surface area contributed by atoms with Crippen molar-refractivity contribution in [3.8, 4) is 5.75 Å². The number of aromatic amines is 1. The number of aromatic nitrogens is 2. The van der Waals surface area contributed by atoms with Crippen LogP contribution in [-0.4, -0.2) is 52.4 Å². The summed E-state index contributed by atoms with van der Waals surface area (Å²) < 4.78 is 49.0. The van der Waals surface area contributed by atoms with E-state index in [9.17, 15) is 22.8 Å². The Morgan fingerprint density at radius 1 is 1.41 bits per heavy atom. The van der Waals surface area contributed by atoms with Gasteiger partial charge in [0, 0.05) is 37.8 Å². The molecule has 10 heteroatoms. The van der Waals surface area contributed by atoms with Gasteiger partial charge in [0.15, 0.2) is 11.6 Å². The van der Waals surface area contributed by atoms with E-state index in [4.69, 9.17) is 4.74 Å². The number of anilines is 1. The van der Waals surface area contributed by atoms with Gasteiger partial charge in [0.25, 0.3) is 5.92 Å². The van der Waals surface area contributed by atoms with Crippen LogP contribution in [0.1, 0.15) is 37.7 Å². The highest BCUT2D eigenvalue weighted by Crippen LogP contribution is 2.40. The van der Waals surface area contributed by atoms with Crippen LogP contribution in [0.15, 0.2) is 35.4 Å². The molecule has 2 aromatic rings. The number of hydrogen-bond acceptors (Lipinski definition) is 5. The van der Waals surface area contributed by atoms with Crippen molar-refractivity contribution in [1.29, 1.82) is 0 Å². The molecule has 1 unspecified atom stereocenters. The minimum Gasteiger partial charge on any atom is -0.492 e. The first kappa shape index (κ1) is 22.3. The topological polar surface area (TPSA) is 87.3 Å². The molecule has 2 aromatic heterocycles. The molecule has 0 spiro atoms. The number of alkyl halides is 2. The predicted octanol–water partition coefficient (Wildman–Crippen LogP) is 3.15. The molecule has 3 heterocycles. The number of rotatable bonds is 7. The van der Waals surface area contributed by atoms with Crippen LogP contribution < -0.4 is 15.6 Å². The number of ether oxygens (including phenoxy) is 1. The molecule has 0 radical (unpaired) electrons. The quantitative estimate of drug-likeness (QED) is 0.677. The number of likely N-dealkylation sites (tertiary alicyclic amines) is 1. The van der Waals surface area contributed by atoms with Crippen molar-refractivity contribution in [2.24, 2.45) is 5.92 Å². The lowest BCUT2D eigenvalue weighted by Crippen LogP contribution is -2.52. The number of hydrogen-bond donors (Lipinski definition) is 2. The van der Waals surface area contributed by atoms with Crippen LogP contribution in [-0.2, 0) is 4.79 Å². The molecule has 0 aromatic carbocycles. The molecular weight excluding hydrogens is 425 g/mol. The third kappa shape index (κ3) is 5.12. The fourth-order valence-electron chi connectivity index (χ4n) is 3.74. The fraction of sp³-hybridized carbons (Fsp3) is 0.500. The van der Waals surface area contributed by atoms with Gasteiger partial charge >= 0.3 is 0 Å². The van der Waals surface area contributed by atoms with Crippen LogP contribution in [0.2, 0.25) is 0 Å². The molecular formula is C22H25F3N4O3. The number of piperidine rings is 1. The summed E-state index contributed by atoms with van der Waals surface area (Å²) in [6.45, 7) is 2.01. The minimum absolute atomic E-state index is 0.00525. The number of amides is 1. The highest BCUT2D eigenvalue weighted by molar-refractivity contribution is 5.93. The summed E-state index contributed by atoms with van der Waals surface area (Å²) >= 11 is 0. The van der Waals surface area contributed by atoms with Gasteiger partial charge in [-0.3, -0.25) is 14.5 Å². The second-order valence-corrected chi connectivity index (χ2v) is 8.47. The van der Waals surface area contributed by atoms with Gasteiger partial charge < -0.3 is 15.0 Å². The third-order valence-corrected chi connectivity index (χ3v) is 6.04. The zero-order valence-electron chi connectivity index (χ0n) is 17.6. The van der Waals surface area contributed by atoms with Gasteiger partial charge in [-0.05, 0) is 31.2 Å². The Hall–Kier alpha value is -2.88. The summed E-state index contributed by atoms with van der Waals surface area (Å²) in [4.78, 5) is 31.9. The van der Waals surface area contributed by atoms with Crippen LogP contribution >= 0.6 is 0 Å². The molecule has 2 atom stereocenters. The van der Waals surface area contributed by atoms with Gasteiger partial charge in [-0.2, -0.15) is 0 Å². The maximum absolute atomic E-state index is 14.6.